The predicted octanol–water partition coefficient (Wildman–Crippen LogP) is 1.58. The Morgan fingerprint density at radius 1 is 1.23 bits per heavy atom. The molecule has 2 rings (SSSR count). The van der Waals surface area contributed by atoms with Crippen LogP contribution in [0.15, 0.2) is 24.3 Å². The smallest absolute Gasteiger partial charge is 0.251 e. The number of benzene rings is 1. The number of morpholine rings is 1. The fourth-order valence-electron chi connectivity index (χ4n) is 2.53. The van der Waals surface area contributed by atoms with Crippen molar-refractivity contribution in [1.29, 1.82) is 0 Å². The summed E-state index contributed by atoms with van der Waals surface area (Å²) in [6.45, 7) is 5.29. The highest BCUT2D eigenvalue weighted by atomic mass is 19.1. The van der Waals surface area contributed by atoms with Crippen molar-refractivity contribution < 1.29 is 18.7 Å². The summed E-state index contributed by atoms with van der Waals surface area (Å²) in [6, 6.07) is 5.29. The Morgan fingerprint density at radius 2 is 1.82 bits per heavy atom. The largest absolute Gasteiger partial charge is 0.372 e. The van der Waals surface area contributed by atoms with E-state index in [2.05, 4.69) is 5.32 Å². The normalized spacial score (nSPS) is 21.5. The van der Waals surface area contributed by atoms with E-state index in [1.165, 1.54) is 24.3 Å². The first-order valence-corrected chi connectivity index (χ1v) is 7.42. The Hall–Kier alpha value is -1.95. The SMILES string of the molecule is C[C@@H]1CN(C(=O)CCNC(=O)c2ccc(F)cc2)C[C@H](C)O1. The van der Waals surface area contributed by atoms with Gasteiger partial charge in [0.1, 0.15) is 5.82 Å². The third-order valence-corrected chi connectivity index (χ3v) is 3.50. The first kappa shape index (κ1) is 16.4. The van der Waals surface area contributed by atoms with Gasteiger partial charge in [-0.2, -0.15) is 0 Å². The lowest BCUT2D eigenvalue weighted by atomic mass is 10.2. The van der Waals surface area contributed by atoms with E-state index in [0.29, 0.717) is 18.7 Å². The van der Waals surface area contributed by atoms with Crippen molar-refractivity contribution in [1.82, 2.24) is 10.2 Å². The molecule has 0 aromatic heterocycles. The van der Waals surface area contributed by atoms with Gasteiger partial charge >= 0.3 is 0 Å². The predicted molar refractivity (Wildman–Crippen MR) is 79.9 cm³/mol. The first-order chi connectivity index (χ1) is 10.5. The minimum absolute atomic E-state index is 0.00130. The van der Waals surface area contributed by atoms with Crippen LogP contribution < -0.4 is 5.32 Å². The molecule has 1 aromatic rings. The number of nitrogens with one attached hydrogen (secondary N) is 1. The molecule has 0 bridgehead atoms. The zero-order valence-corrected chi connectivity index (χ0v) is 12.8. The van der Waals surface area contributed by atoms with E-state index in [9.17, 15) is 14.0 Å². The fraction of sp³-hybridized carbons (Fsp3) is 0.500. The van der Waals surface area contributed by atoms with Gasteiger partial charge in [0.2, 0.25) is 5.91 Å². The van der Waals surface area contributed by atoms with Gasteiger partial charge in [0.15, 0.2) is 0 Å². The van der Waals surface area contributed by atoms with Gasteiger partial charge in [0, 0.05) is 31.6 Å². The topological polar surface area (TPSA) is 58.6 Å². The zero-order chi connectivity index (χ0) is 16.1. The van der Waals surface area contributed by atoms with Gasteiger partial charge in [-0.25, -0.2) is 4.39 Å². The number of carbonyl (C=O) groups is 2. The summed E-state index contributed by atoms with van der Waals surface area (Å²) in [5.74, 6) is -0.694. The molecule has 0 unspecified atom stereocenters. The van der Waals surface area contributed by atoms with Crippen LogP contribution in [0.5, 0.6) is 0 Å². The molecule has 0 aliphatic carbocycles. The highest BCUT2D eigenvalue weighted by Gasteiger charge is 2.25. The Balaban J connectivity index is 1.77. The second kappa shape index (κ2) is 7.35. The molecule has 1 saturated heterocycles. The van der Waals surface area contributed by atoms with Crippen LogP contribution >= 0.6 is 0 Å². The molecule has 1 aliphatic heterocycles. The Bertz CT molecular complexity index is 523. The zero-order valence-electron chi connectivity index (χ0n) is 12.8. The van der Waals surface area contributed by atoms with E-state index in [1.807, 2.05) is 13.8 Å². The number of nitrogens with zero attached hydrogens (tertiary/aromatic N) is 1. The molecule has 5 nitrogen and oxygen atoms in total. The van der Waals surface area contributed by atoms with Crippen molar-refractivity contribution in [2.75, 3.05) is 19.6 Å². The molecule has 2 amide bonds. The molecule has 0 radical (unpaired) electrons. The van der Waals surface area contributed by atoms with E-state index >= 15 is 0 Å². The van der Waals surface area contributed by atoms with Crippen molar-refractivity contribution in [3.63, 3.8) is 0 Å². The maximum absolute atomic E-state index is 12.8. The van der Waals surface area contributed by atoms with Crippen LogP contribution in [0.1, 0.15) is 30.6 Å². The average molecular weight is 308 g/mol. The molecule has 6 heteroatoms. The van der Waals surface area contributed by atoms with Crippen LogP contribution in [0.4, 0.5) is 4.39 Å². The molecule has 2 atom stereocenters. The third-order valence-electron chi connectivity index (χ3n) is 3.50. The van der Waals surface area contributed by atoms with Crippen molar-refractivity contribution in [3.8, 4) is 0 Å². The summed E-state index contributed by atoms with van der Waals surface area (Å²) in [7, 11) is 0. The van der Waals surface area contributed by atoms with Gasteiger partial charge in [0.05, 0.1) is 12.2 Å². The van der Waals surface area contributed by atoms with Crippen LogP contribution in [0.25, 0.3) is 0 Å². The van der Waals surface area contributed by atoms with Crippen LogP contribution in [0.2, 0.25) is 0 Å². The summed E-state index contributed by atoms with van der Waals surface area (Å²) in [5, 5.41) is 2.67. The van der Waals surface area contributed by atoms with Gasteiger partial charge in [-0.05, 0) is 38.1 Å². The molecule has 1 aliphatic rings. The Morgan fingerprint density at radius 3 is 2.41 bits per heavy atom. The molecule has 120 valence electrons. The quantitative estimate of drug-likeness (QED) is 0.919. The minimum Gasteiger partial charge on any atom is -0.372 e. The second-order valence-electron chi connectivity index (χ2n) is 5.57. The minimum atomic E-state index is -0.387. The number of ether oxygens (including phenoxy) is 1. The fourth-order valence-corrected chi connectivity index (χ4v) is 2.53. The lowest BCUT2D eigenvalue weighted by Gasteiger charge is -2.35. The number of hydrogen-bond donors (Lipinski definition) is 1. The summed E-state index contributed by atoms with van der Waals surface area (Å²) in [4.78, 5) is 25.7. The third kappa shape index (κ3) is 4.53. The van der Waals surface area contributed by atoms with Gasteiger partial charge in [0.25, 0.3) is 5.91 Å². The molecule has 1 aromatic carbocycles. The van der Waals surface area contributed by atoms with E-state index in [4.69, 9.17) is 4.74 Å². The molecule has 1 fully saturated rings. The van der Waals surface area contributed by atoms with Gasteiger partial charge in [-0.1, -0.05) is 0 Å². The first-order valence-electron chi connectivity index (χ1n) is 7.42. The maximum Gasteiger partial charge on any atom is 0.251 e. The standard InChI is InChI=1S/C16H21FN2O3/c1-11-9-19(10-12(2)22-11)15(20)7-8-18-16(21)13-3-5-14(17)6-4-13/h3-6,11-12H,7-10H2,1-2H3,(H,18,21)/t11-,12+. The molecule has 0 saturated carbocycles. The number of carbonyl (C=O) groups excluding carboxylic acids is 2. The summed E-state index contributed by atoms with van der Waals surface area (Å²) in [6.07, 6.45) is 0.301. The van der Waals surface area contributed by atoms with Crippen LogP contribution in [0.3, 0.4) is 0 Å². The van der Waals surface area contributed by atoms with E-state index in [-0.39, 0.29) is 42.8 Å². The number of hydrogen-bond acceptors (Lipinski definition) is 3. The highest BCUT2D eigenvalue weighted by molar-refractivity contribution is 5.94. The molecular weight excluding hydrogens is 287 g/mol. The molecule has 1 heterocycles. The van der Waals surface area contributed by atoms with Crippen molar-refractivity contribution in [2.45, 2.75) is 32.5 Å². The van der Waals surface area contributed by atoms with Gasteiger partial charge < -0.3 is 15.0 Å². The highest BCUT2D eigenvalue weighted by Crippen LogP contribution is 2.11. The Labute approximate surface area is 129 Å². The average Bonchev–Trinajstić information content (AvgIpc) is 2.46. The van der Waals surface area contributed by atoms with Crippen molar-refractivity contribution in [2.24, 2.45) is 0 Å². The van der Waals surface area contributed by atoms with Gasteiger partial charge in [-0.15, -0.1) is 0 Å². The summed E-state index contributed by atoms with van der Waals surface area (Å²) >= 11 is 0. The lowest BCUT2D eigenvalue weighted by molar-refractivity contribution is -0.143. The van der Waals surface area contributed by atoms with E-state index in [0.717, 1.165) is 0 Å². The van der Waals surface area contributed by atoms with Crippen LogP contribution in [-0.4, -0.2) is 48.6 Å². The number of halogens is 1. The maximum atomic E-state index is 12.8. The number of rotatable bonds is 4. The molecule has 0 spiro atoms. The lowest BCUT2D eigenvalue weighted by Crippen LogP contribution is -2.48. The van der Waals surface area contributed by atoms with Crippen molar-refractivity contribution >= 4 is 11.8 Å². The van der Waals surface area contributed by atoms with E-state index in [1.54, 1.807) is 4.90 Å². The second-order valence-corrected chi connectivity index (χ2v) is 5.57. The monoisotopic (exact) mass is 308 g/mol. The van der Waals surface area contributed by atoms with Crippen LogP contribution in [-0.2, 0) is 9.53 Å². The van der Waals surface area contributed by atoms with Gasteiger partial charge in [-0.3, -0.25) is 9.59 Å². The van der Waals surface area contributed by atoms with E-state index < -0.39 is 0 Å². The summed E-state index contributed by atoms with van der Waals surface area (Å²) in [5.41, 5.74) is 0.377. The van der Waals surface area contributed by atoms with Crippen LogP contribution in [0, 0.1) is 5.82 Å². The summed E-state index contributed by atoms with van der Waals surface area (Å²) < 4.78 is 18.4. The number of amides is 2. The molecular formula is C16H21FN2O3. The molecule has 1 N–H and O–H groups in total. The van der Waals surface area contributed by atoms with Crippen molar-refractivity contribution in [3.05, 3.63) is 35.6 Å². The Kier molecular flexibility index (Phi) is 5.49. The molecule has 22 heavy (non-hydrogen) atoms.